The Hall–Kier alpha value is -1.84. The van der Waals surface area contributed by atoms with Crippen molar-refractivity contribution in [2.45, 2.75) is 33.9 Å². The van der Waals surface area contributed by atoms with Crippen LogP contribution in [0.5, 0.6) is 5.75 Å². The minimum atomic E-state index is -0.267. The van der Waals surface area contributed by atoms with Crippen LogP contribution in [0, 0.1) is 11.7 Å². The summed E-state index contributed by atoms with van der Waals surface area (Å²) in [4.78, 5) is 11.1. The molecule has 1 N–H and O–H groups in total. The lowest BCUT2D eigenvalue weighted by atomic mass is 10.2. The molecule has 1 heterocycles. The average Bonchev–Trinajstić information content (AvgIpc) is 3.06. The summed E-state index contributed by atoms with van der Waals surface area (Å²) in [7, 11) is 1.97. The molecule has 0 aliphatic carbocycles. The van der Waals surface area contributed by atoms with Crippen LogP contribution in [0.1, 0.15) is 26.6 Å². The van der Waals surface area contributed by atoms with Gasteiger partial charge < -0.3 is 19.5 Å². The van der Waals surface area contributed by atoms with E-state index in [0.29, 0.717) is 31.4 Å². The van der Waals surface area contributed by atoms with E-state index < -0.39 is 0 Å². The molecule has 2 aromatic rings. The van der Waals surface area contributed by atoms with Gasteiger partial charge in [0.2, 0.25) is 0 Å². The first-order valence-corrected chi connectivity index (χ1v) is 9.37. The molecule has 0 aliphatic rings. The van der Waals surface area contributed by atoms with Crippen molar-refractivity contribution in [1.82, 2.24) is 19.8 Å². The van der Waals surface area contributed by atoms with Crippen molar-refractivity contribution in [3.63, 3.8) is 0 Å². The molecule has 8 heteroatoms. The van der Waals surface area contributed by atoms with E-state index in [-0.39, 0.29) is 29.8 Å². The van der Waals surface area contributed by atoms with Crippen LogP contribution in [0.25, 0.3) is 0 Å². The largest absolute Gasteiger partial charge is 0.492 e. The Morgan fingerprint density at radius 2 is 2.04 bits per heavy atom. The maximum Gasteiger partial charge on any atom is 0.194 e. The van der Waals surface area contributed by atoms with Crippen molar-refractivity contribution in [2.24, 2.45) is 10.9 Å². The minimum absolute atomic E-state index is 0. The highest BCUT2D eigenvalue weighted by Gasteiger charge is 2.08. The summed E-state index contributed by atoms with van der Waals surface area (Å²) in [6, 6.07) is 6.04. The van der Waals surface area contributed by atoms with Gasteiger partial charge in [-0.25, -0.2) is 14.4 Å². The van der Waals surface area contributed by atoms with Gasteiger partial charge in [-0.05, 0) is 37.1 Å². The number of likely N-dealkylation sites (N-methyl/N-ethyl adjacent to an activating group) is 1. The molecular formula is C20H31FIN5O. The summed E-state index contributed by atoms with van der Waals surface area (Å²) in [6.07, 6.45) is 3.82. The Balaban J connectivity index is 0.00000392. The molecule has 156 valence electrons. The molecule has 0 fully saturated rings. The van der Waals surface area contributed by atoms with E-state index in [2.05, 4.69) is 28.7 Å². The Morgan fingerprint density at radius 3 is 2.68 bits per heavy atom. The number of imidazole rings is 1. The van der Waals surface area contributed by atoms with E-state index in [0.717, 1.165) is 24.9 Å². The van der Waals surface area contributed by atoms with Crippen LogP contribution in [0.15, 0.2) is 41.7 Å². The maximum atomic E-state index is 12.9. The summed E-state index contributed by atoms with van der Waals surface area (Å²) < 4.78 is 20.7. The summed E-state index contributed by atoms with van der Waals surface area (Å²) in [5, 5.41) is 3.29. The molecule has 0 aliphatic heterocycles. The fourth-order valence-electron chi connectivity index (χ4n) is 2.60. The fraction of sp³-hybridized carbons (Fsp3) is 0.500. The smallest absolute Gasteiger partial charge is 0.194 e. The monoisotopic (exact) mass is 503 g/mol. The van der Waals surface area contributed by atoms with Gasteiger partial charge in [-0.3, -0.25) is 0 Å². The second-order valence-corrected chi connectivity index (χ2v) is 6.78. The van der Waals surface area contributed by atoms with Gasteiger partial charge in [0.05, 0.1) is 6.54 Å². The van der Waals surface area contributed by atoms with Crippen LogP contribution in [-0.2, 0) is 13.1 Å². The van der Waals surface area contributed by atoms with Gasteiger partial charge in [0.1, 0.15) is 30.5 Å². The molecular weight excluding hydrogens is 472 g/mol. The SMILES string of the molecule is CCNC(=NCc1nccn1CC(C)C)N(C)CCOc1ccc(F)cc1.I. The van der Waals surface area contributed by atoms with Crippen molar-refractivity contribution < 1.29 is 9.13 Å². The summed E-state index contributed by atoms with van der Waals surface area (Å²) in [5.74, 6) is 2.70. The average molecular weight is 503 g/mol. The number of aliphatic imine (C=N–C) groups is 1. The standard InChI is InChI=1S/C20H30FN5O.HI/c1-5-22-20(24-14-19-23-10-11-26(19)15-16(2)3)25(4)12-13-27-18-8-6-17(21)7-9-18;/h6-11,16H,5,12-15H2,1-4H3,(H,22,24);1H. The number of rotatable bonds is 9. The topological polar surface area (TPSA) is 54.7 Å². The second-order valence-electron chi connectivity index (χ2n) is 6.78. The molecule has 28 heavy (non-hydrogen) atoms. The quantitative estimate of drug-likeness (QED) is 0.322. The van der Waals surface area contributed by atoms with Crippen LogP contribution >= 0.6 is 24.0 Å². The Bertz CT molecular complexity index is 718. The van der Waals surface area contributed by atoms with E-state index in [1.165, 1.54) is 12.1 Å². The van der Waals surface area contributed by atoms with Crippen molar-refractivity contribution >= 4 is 29.9 Å². The first-order valence-electron chi connectivity index (χ1n) is 9.37. The molecule has 0 radical (unpaired) electrons. The second kappa shape index (κ2) is 12.6. The highest BCUT2D eigenvalue weighted by Crippen LogP contribution is 2.11. The van der Waals surface area contributed by atoms with Gasteiger partial charge in [0, 0.05) is 32.5 Å². The lowest BCUT2D eigenvalue weighted by Gasteiger charge is -2.22. The maximum absolute atomic E-state index is 12.9. The molecule has 2 rings (SSSR count). The third-order valence-electron chi connectivity index (χ3n) is 3.94. The Kier molecular flexibility index (Phi) is 10.9. The lowest BCUT2D eigenvalue weighted by Crippen LogP contribution is -2.41. The van der Waals surface area contributed by atoms with Gasteiger partial charge in [-0.15, -0.1) is 24.0 Å². The highest BCUT2D eigenvalue weighted by atomic mass is 127. The van der Waals surface area contributed by atoms with Gasteiger partial charge in [-0.2, -0.15) is 0 Å². The number of ether oxygens (including phenoxy) is 1. The number of guanidine groups is 1. The first kappa shape index (κ1) is 24.2. The summed E-state index contributed by atoms with van der Waals surface area (Å²) in [5.41, 5.74) is 0. The van der Waals surface area contributed by atoms with Crippen molar-refractivity contribution in [3.8, 4) is 5.75 Å². The summed E-state index contributed by atoms with van der Waals surface area (Å²) >= 11 is 0. The third-order valence-corrected chi connectivity index (χ3v) is 3.94. The molecule has 0 bridgehead atoms. The van der Waals surface area contributed by atoms with Crippen LogP contribution in [0.3, 0.4) is 0 Å². The zero-order valence-corrected chi connectivity index (χ0v) is 19.4. The van der Waals surface area contributed by atoms with E-state index in [1.807, 2.05) is 31.3 Å². The third kappa shape index (κ3) is 8.04. The number of benzene rings is 1. The molecule has 0 spiro atoms. The van der Waals surface area contributed by atoms with Gasteiger partial charge in [0.25, 0.3) is 0 Å². The molecule has 1 aromatic heterocycles. The van der Waals surface area contributed by atoms with E-state index in [1.54, 1.807) is 12.1 Å². The number of hydrogen-bond donors (Lipinski definition) is 1. The van der Waals surface area contributed by atoms with E-state index >= 15 is 0 Å². The van der Waals surface area contributed by atoms with Crippen LogP contribution < -0.4 is 10.1 Å². The summed E-state index contributed by atoms with van der Waals surface area (Å²) in [6.45, 7) is 9.78. The number of aromatic nitrogens is 2. The van der Waals surface area contributed by atoms with E-state index in [9.17, 15) is 4.39 Å². The van der Waals surface area contributed by atoms with Gasteiger partial charge in [-0.1, -0.05) is 13.8 Å². The number of halogens is 2. The molecule has 0 atom stereocenters. The molecule has 6 nitrogen and oxygen atoms in total. The van der Waals surface area contributed by atoms with Crippen LogP contribution in [-0.4, -0.2) is 47.2 Å². The lowest BCUT2D eigenvalue weighted by molar-refractivity contribution is 0.281. The molecule has 0 saturated heterocycles. The molecule has 1 aromatic carbocycles. The fourth-order valence-corrected chi connectivity index (χ4v) is 2.60. The van der Waals surface area contributed by atoms with Gasteiger partial charge in [0.15, 0.2) is 5.96 Å². The zero-order chi connectivity index (χ0) is 19.6. The molecule has 0 saturated carbocycles. The Labute approximate surface area is 184 Å². The van der Waals surface area contributed by atoms with Crippen molar-refractivity contribution in [2.75, 3.05) is 26.7 Å². The number of nitrogens with zero attached hydrogens (tertiary/aromatic N) is 4. The molecule has 0 unspecified atom stereocenters. The van der Waals surface area contributed by atoms with Crippen molar-refractivity contribution in [3.05, 3.63) is 48.3 Å². The van der Waals surface area contributed by atoms with Crippen molar-refractivity contribution in [1.29, 1.82) is 0 Å². The normalized spacial score (nSPS) is 11.3. The Morgan fingerprint density at radius 1 is 1.32 bits per heavy atom. The number of nitrogens with one attached hydrogen (secondary N) is 1. The van der Waals surface area contributed by atoms with Crippen LogP contribution in [0.2, 0.25) is 0 Å². The predicted octanol–water partition coefficient (Wildman–Crippen LogP) is 3.77. The van der Waals surface area contributed by atoms with Crippen LogP contribution in [0.4, 0.5) is 4.39 Å². The minimum Gasteiger partial charge on any atom is -0.492 e. The first-order chi connectivity index (χ1) is 13.0. The zero-order valence-electron chi connectivity index (χ0n) is 17.1. The number of hydrogen-bond acceptors (Lipinski definition) is 3. The van der Waals surface area contributed by atoms with Gasteiger partial charge >= 0.3 is 0 Å². The predicted molar refractivity (Wildman–Crippen MR) is 122 cm³/mol. The highest BCUT2D eigenvalue weighted by molar-refractivity contribution is 14.0. The van der Waals surface area contributed by atoms with E-state index in [4.69, 9.17) is 9.73 Å². The molecule has 0 amide bonds.